The maximum Gasteiger partial charge on any atom is 0.259 e. The first-order valence-corrected chi connectivity index (χ1v) is 9.72. The standard InChI is InChI=1S/C25H22N2O2/c1-15-10-16(2)12-17(11-15)27-24(19-6-4-5-7-20(19)25(27)28)22-14-26-23-9-8-18(29-3)13-21(22)23/h4-14,24,26H,1-3H3. The number of amides is 1. The molecule has 1 aliphatic rings. The van der Waals surface area contributed by atoms with Crippen LogP contribution < -0.4 is 9.64 Å². The summed E-state index contributed by atoms with van der Waals surface area (Å²) >= 11 is 0. The first-order valence-electron chi connectivity index (χ1n) is 9.72. The number of benzene rings is 3. The van der Waals surface area contributed by atoms with Crippen molar-refractivity contribution in [3.63, 3.8) is 0 Å². The second-order valence-electron chi connectivity index (χ2n) is 7.67. The largest absolute Gasteiger partial charge is 0.497 e. The molecule has 0 fully saturated rings. The van der Waals surface area contributed by atoms with E-state index >= 15 is 0 Å². The number of anilines is 1. The number of H-pyrrole nitrogens is 1. The van der Waals surface area contributed by atoms with Crippen molar-refractivity contribution in [3.8, 4) is 5.75 Å². The topological polar surface area (TPSA) is 45.3 Å². The van der Waals surface area contributed by atoms with E-state index in [-0.39, 0.29) is 11.9 Å². The van der Waals surface area contributed by atoms with Gasteiger partial charge in [-0.25, -0.2) is 0 Å². The first kappa shape index (κ1) is 17.6. The lowest BCUT2D eigenvalue weighted by molar-refractivity contribution is 0.0993. The van der Waals surface area contributed by atoms with Gasteiger partial charge in [0.1, 0.15) is 5.75 Å². The molecule has 4 aromatic rings. The number of carbonyl (C=O) groups excluding carboxylic acids is 1. The number of aryl methyl sites for hydroxylation is 2. The number of nitrogens with zero attached hydrogens (tertiary/aromatic N) is 1. The number of nitrogens with one attached hydrogen (secondary N) is 1. The summed E-state index contributed by atoms with van der Waals surface area (Å²) in [6, 6.07) is 20.0. The monoisotopic (exact) mass is 382 g/mol. The van der Waals surface area contributed by atoms with Gasteiger partial charge in [-0.3, -0.25) is 9.69 Å². The Balaban J connectivity index is 1.76. The summed E-state index contributed by atoms with van der Waals surface area (Å²) in [5.41, 5.74) is 7.08. The molecule has 1 N–H and O–H groups in total. The van der Waals surface area contributed by atoms with Gasteiger partial charge in [0, 0.05) is 33.9 Å². The number of rotatable bonds is 3. The highest BCUT2D eigenvalue weighted by atomic mass is 16.5. The van der Waals surface area contributed by atoms with Gasteiger partial charge in [-0.1, -0.05) is 24.3 Å². The molecular weight excluding hydrogens is 360 g/mol. The number of aromatic amines is 1. The molecule has 0 spiro atoms. The molecule has 1 amide bonds. The smallest absolute Gasteiger partial charge is 0.259 e. The van der Waals surface area contributed by atoms with Crippen molar-refractivity contribution >= 4 is 22.5 Å². The average Bonchev–Trinajstić information content (AvgIpc) is 3.25. The second kappa shape index (κ2) is 6.52. The first-order chi connectivity index (χ1) is 14.1. The summed E-state index contributed by atoms with van der Waals surface area (Å²) < 4.78 is 5.45. The molecule has 2 heterocycles. The van der Waals surface area contributed by atoms with Crippen molar-refractivity contribution in [2.45, 2.75) is 19.9 Å². The van der Waals surface area contributed by atoms with Crippen LogP contribution >= 0.6 is 0 Å². The number of methoxy groups -OCH3 is 1. The van der Waals surface area contributed by atoms with Gasteiger partial charge >= 0.3 is 0 Å². The molecule has 3 aromatic carbocycles. The highest BCUT2D eigenvalue weighted by Crippen LogP contribution is 2.44. The van der Waals surface area contributed by atoms with Gasteiger partial charge in [0.15, 0.2) is 0 Å². The molecule has 1 unspecified atom stereocenters. The third-order valence-corrected chi connectivity index (χ3v) is 5.66. The molecule has 4 nitrogen and oxygen atoms in total. The van der Waals surface area contributed by atoms with Gasteiger partial charge in [0.05, 0.1) is 13.2 Å². The fourth-order valence-corrected chi connectivity index (χ4v) is 4.45. The molecule has 1 aromatic heterocycles. The SMILES string of the molecule is COc1ccc2[nH]cc(C3c4ccccc4C(=O)N3c3cc(C)cc(C)c3)c2c1. The molecule has 0 saturated carbocycles. The van der Waals surface area contributed by atoms with Gasteiger partial charge in [-0.2, -0.15) is 0 Å². The minimum atomic E-state index is -0.194. The Hall–Kier alpha value is -3.53. The van der Waals surface area contributed by atoms with Crippen LogP contribution in [0, 0.1) is 13.8 Å². The summed E-state index contributed by atoms with van der Waals surface area (Å²) in [5, 5.41) is 1.06. The van der Waals surface area contributed by atoms with E-state index in [1.54, 1.807) is 7.11 Å². The van der Waals surface area contributed by atoms with Crippen molar-refractivity contribution in [2.75, 3.05) is 12.0 Å². The molecule has 144 valence electrons. The van der Waals surface area contributed by atoms with Crippen LogP contribution in [0.15, 0.2) is 66.9 Å². The Bertz CT molecular complexity index is 1230. The Morgan fingerprint density at radius 3 is 2.45 bits per heavy atom. The number of fused-ring (bicyclic) bond motifs is 2. The van der Waals surface area contributed by atoms with Crippen molar-refractivity contribution < 1.29 is 9.53 Å². The van der Waals surface area contributed by atoms with Gasteiger partial charge in [-0.15, -0.1) is 0 Å². The number of ether oxygens (including phenoxy) is 1. The van der Waals surface area contributed by atoms with Crippen LogP contribution in [0.3, 0.4) is 0 Å². The zero-order valence-electron chi connectivity index (χ0n) is 16.7. The molecule has 29 heavy (non-hydrogen) atoms. The van der Waals surface area contributed by atoms with Crippen molar-refractivity contribution in [3.05, 3.63) is 94.7 Å². The predicted molar refractivity (Wildman–Crippen MR) is 116 cm³/mol. The summed E-state index contributed by atoms with van der Waals surface area (Å²) in [5.74, 6) is 0.835. The fourth-order valence-electron chi connectivity index (χ4n) is 4.45. The fraction of sp³-hybridized carbons (Fsp3) is 0.160. The van der Waals surface area contributed by atoms with Crippen LogP contribution in [-0.4, -0.2) is 18.0 Å². The minimum absolute atomic E-state index is 0.0350. The lowest BCUT2D eigenvalue weighted by atomic mass is 9.97. The van der Waals surface area contributed by atoms with Crippen LogP contribution in [0.5, 0.6) is 5.75 Å². The Morgan fingerprint density at radius 2 is 1.69 bits per heavy atom. The molecule has 0 saturated heterocycles. The number of hydrogen-bond acceptors (Lipinski definition) is 2. The molecular formula is C25H22N2O2. The number of hydrogen-bond donors (Lipinski definition) is 1. The molecule has 4 heteroatoms. The number of carbonyl (C=O) groups is 1. The van der Waals surface area contributed by atoms with Crippen molar-refractivity contribution in [1.82, 2.24) is 4.98 Å². The van der Waals surface area contributed by atoms with E-state index in [2.05, 4.69) is 43.1 Å². The highest BCUT2D eigenvalue weighted by Gasteiger charge is 2.39. The summed E-state index contributed by atoms with van der Waals surface area (Å²) in [7, 11) is 1.67. The lowest BCUT2D eigenvalue weighted by Crippen LogP contribution is -2.28. The number of aromatic nitrogens is 1. The Morgan fingerprint density at radius 1 is 0.931 bits per heavy atom. The van der Waals surface area contributed by atoms with Crippen LogP contribution in [0.4, 0.5) is 5.69 Å². The van der Waals surface area contributed by atoms with Gasteiger partial charge in [0.2, 0.25) is 0 Å². The van der Waals surface area contributed by atoms with Crippen molar-refractivity contribution in [1.29, 1.82) is 0 Å². The van der Waals surface area contributed by atoms with Gasteiger partial charge < -0.3 is 9.72 Å². The van der Waals surface area contributed by atoms with E-state index < -0.39 is 0 Å². The van der Waals surface area contributed by atoms with Crippen LogP contribution in [-0.2, 0) is 0 Å². The minimum Gasteiger partial charge on any atom is -0.497 e. The van der Waals surface area contributed by atoms with Crippen molar-refractivity contribution in [2.24, 2.45) is 0 Å². The van der Waals surface area contributed by atoms with Gasteiger partial charge in [-0.05, 0) is 66.9 Å². The average molecular weight is 382 g/mol. The second-order valence-corrected chi connectivity index (χ2v) is 7.67. The quantitative estimate of drug-likeness (QED) is 0.505. The van der Waals surface area contributed by atoms with E-state index in [0.717, 1.165) is 50.2 Å². The Labute approximate surface area is 169 Å². The zero-order chi connectivity index (χ0) is 20.1. The molecule has 0 aliphatic carbocycles. The summed E-state index contributed by atoms with van der Waals surface area (Å²) in [4.78, 5) is 18.8. The Kier molecular flexibility index (Phi) is 3.95. The molecule has 5 rings (SSSR count). The maximum absolute atomic E-state index is 13.5. The van der Waals surface area contributed by atoms with Crippen LogP contribution in [0.25, 0.3) is 10.9 Å². The van der Waals surface area contributed by atoms with Gasteiger partial charge in [0.25, 0.3) is 5.91 Å². The van der Waals surface area contributed by atoms with E-state index in [0.29, 0.717) is 0 Å². The lowest BCUT2D eigenvalue weighted by Gasteiger charge is -2.26. The molecule has 1 aliphatic heterocycles. The molecule has 0 bridgehead atoms. The van der Waals surface area contributed by atoms with Crippen LogP contribution in [0.2, 0.25) is 0 Å². The third-order valence-electron chi connectivity index (χ3n) is 5.66. The predicted octanol–water partition coefficient (Wildman–Crippen LogP) is 5.54. The highest BCUT2D eigenvalue weighted by molar-refractivity contribution is 6.12. The summed E-state index contributed by atoms with van der Waals surface area (Å²) in [6.45, 7) is 4.13. The van der Waals surface area contributed by atoms with E-state index in [1.165, 1.54) is 0 Å². The normalized spacial score (nSPS) is 15.8. The third kappa shape index (κ3) is 2.71. The van der Waals surface area contributed by atoms with E-state index in [9.17, 15) is 4.79 Å². The van der Waals surface area contributed by atoms with E-state index in [4.69, 9.17) is 4.74 Å². The molecule has 1 atom stereocenters. The zero-order valence-corrected chi connectivity index (χ0v) is 16.7. The van der Waals surface area contributed by atoms with E-state index in [1.807, 2.05) is 47.5 Å². The molecule has 0 radical (unpaired) electrons. The summed E-state index contributed by atoms with van der Waals surface area (Å²) in [6.07, 6.45) is 2.01. The van der Waals surface area contributed by atoms with Crippen LogP contribution in [0.1, 0.15) is 38.7 Å². The maximum atomic E-state index is 13.5.